The maximum Gasteiger partial charge on any atom is 0.321 e. The molecule has 0 aliphatic heterocycles. The lowest BCUT2D eigenvalue weighted by Gasteiger charge is -2.26. The Morgan fingerprint density at radius 2 is 1.86 bits per heavy atom. The van der Waals surface area contributed by atoms with Crippen molar-refractivity contribution in [2.45, 2.75) is 45.4 Å². The molecule has 1 aliphatic rings. The quantitative estimate of drug-likeness (QED) is 0.586. The Bertz CT molecular complexity index is 378. The minimum Gasteiger partial charge on any atom is -0.481 e. The SMILES string of the molecule is CCOCCNC(=O)NC(=O)CC1(CC(=O)O)CCCC1. The van der Waals surface area contributed by atoms with Crippen molar-refractivity contribution in [1.82, 2.24) is 10.6 Å². The van der Waals surface area contributed by atoms with Gasteiger partial charge in [0.15, 0.2) is 0 Å². The molecule has 1 rings (SSSR count). The number of amides is 3. The normalized spacial score (nSPS) is 16.4. The predicted molar refractivity (Wildman–Crippen MR) is 75.8 cm³/mol. The zero-order chi connectivity index (χ0) is 15.7. The zero-order valence-corrected chi connectivity index (χ0v) is 12.4. The lowest BCUT2D eigenvalue weighted by Crippen LogP contribution is -2.42. The van der Waals surface area contributed by atoms with E-state index in [2.05, 4.69) is 10.6 Å². The summed E-state index contributed by atoms with van der Waals surface area (Å²) in [6.07, 6.45) is 3.37. The predicted octanol–water partition coefficient (Wildman–Crippen LogP) is 1.27. The number of carbonyl (C=O) groups excluding carboxylic acids is 2. The van der Waals surface area contributed by atoms with Gasteiger partial charge in [-0.25, -0.2) is 4.79 Å². The van der Waals surface area contributed by atoms with Gasteiger partial charge in [0.1, 0.15) is 0 Å². The lowest BCUT2D eigenvalue weighted by molar-refractivity contribution is -0.140. The molecule has 0 radical (unpaired) electrons. The minimum absolute atomic E-state index is 0.0214. The van der Waals surface area contributed by atoms with Gasteiger partial charge in [-0.1, -0.05) is 12.8 Å². The number of hydrogen-bond donors (Lipinski definition) is 3. The molecular weight excluding hydrogens is 276 g/mol. The number of carboxylic acid groups (broad SMARTS) is 1. The van der Waals surface area contributed by atoms with Crippen LogP contribution in [-0.2, 0) is 14.3 Å². The average Bonchev–Trinajstić information content (AvgIpc) is 2.81. The minimum atomic E-state index is -0.897. The van der Waals surface area contributed by atoms with Crippen LogP contribution in [-0.4, -0.2) is 42.8 Å². The van der Waals surface area contributed by atoms with Gasteiger partial charge in [0, 0.05) is 19.6 Å². The molecule has 0 aromatic carbocycles. The molecule has 1 fully saturated rings. The van der Waals surface area contributed by atoms with E-state index in [-0.39, 0.29) is 12.8 Å². The Balaban J connectivity index is 2.36. The highest BCUT2D eigenvalue weighted by Gasteiger charge is 2.38. The number of rotatable bonds is 8. The summed E-state index contributed by atoms with van der Waals surface area (Å²) in [5.41, 5.74) is -0.498. The fourth-order valence-corrected chi connectivity index (χ4v) is 2.80. The fourth-order valence-electron chi connectivity index (χ4n) is 2.80. The van der Waals surface area contributed by atoms with E-state index in [9.17, 15) is 14.4 Å². The molecule has 0 aromatic rings. The van der Waals surface area contributed by atoms with Crippen molar-refractivity contribution >= 4 is 17.9 Å². The second kappa shape index (κ2) is 8.61. The van der Waals surface area contributed by atoms with Crippen LogP contribution in [0.4, 0.5) is 4.79 Å². The number of nitrogens with one attached hydrogen (secondary N) is 2. The van der Waals surface area contributed by atoms with E-state index in [4.69, 9.17) is 9.84 Å². The molecule has 1 saturated carbocycles. The Labute approximate surface area is 124 Å². The van der Waals surface area contributed by atoms with Gasteiger partial charge in [0.05, 0.1) is 13.0 Å². The van der Waals surface area contributed by atoms with E-state index < -0.39 is 23.3 Å². The first-order valence-corrected chi connectivity index (χ1v) is 7.35. The van der Waals surface area contributed by atoms with Crippen LogP contribution in [0, 0.1) is 5.41 Å². The van der Waals surface area contributed by atoms with Crippen molar-refractivity contribution in [2.75, 3.05) is 19.8 Å². The highest BCUT2D eigenvalue weighted by Crippen LogP contribution is 2.43. The summed E-state index contributed by atoms with van der Waals surface area (Å²) >= 11 is 0. The van der Waals surface area contributed by atoms with E-state index in [0.29, 0.717) is 19.8 Å². The molecule has 1 aliphatic carbocycles. The number of ether oxygens (including phenoxy) is 1. The molecule has 7 heteroatoms. The second-order valence-corrected chi connectivity index (χ2v) is 5.46. The molecule has 7 nitrogen and oxygen atoms in total. The maximum absolute atomic E-state index is 11.9. The summed E-state index contributed by atoms with van der Waals surface area (Å²) in [4.78, 5) is 34.3. The zero-order valence-electron chi connectivity index (χ0n) is 12.4. The third-order valence-corrected chi connectivity index (χ3v) is 3.72. The number of carbonyl (C=O) groups is 3. The van der Waals surface area contributed by atoms with Crippen molar-refractivity contribution in [2.24, 2.45) is 5.41 Å². The molecule has 3 amide bonds. The number of aliphatic carboxylic acids is 1. The van der Waals surface area contributed by atoms with E-state index in [1.54, 1.807) is 0 Å². The van der Waals surface area contributed by atoms with Crippen molar-refractivity contribution in [3.63, 3.8) is 0 Å². The van der Waals surface area contributed by atoms with Gasteiger partial charge in [-0.15, -0.1) is 0 Å². The highest BCUT2D eigenvalue weighted by atomic mass is 16.5. The topological polar surface area (TPSA) is 105 Å². The summed E-state index contributed by atoms with van der Waals surface area (Å²) in [5, 5.41) is 13.7. The molecule has 120 valence electrons. The van der Waals surface area contributed by atoms with Crippen LogP contribution in [0.5, 0.6) is 0 Å². The van der Waals surface area contributed by atoms with Gasteiger partial charge in [-0.3, -0.25) is 14.9 Å². The van der Waals surface area contributed by atoms with Gasteiger partial charge in [-0.2, -0.15) is 0 Å². The van der Waals surface area contributed by atoms with Crippen LogP contribution in [0.3, 0.4) is 0 Å². The fraction of sp³-hybridized carbons (Fsp3) is 0.786. The third kappa shape index (κ3) is 6.57. The number of urea groups is 1. The van der Waals surface area contributed by atoms with Gasteiger partial charge in [-0.05, 0) is 25.2 Å². The van der Waals surface area contributed by atoms with Gasteiger partial charge in [0.2, 0.25) is 5.91 Å². The van der Waals surface area contributed by atoms with Crippen molar-refractivity contribution in [3.05, 3.63) is 0 Å². The van der Waals surface area contributed by atoms with Crippen LogP contribution in [0.25, 0.3) is 0 Å². The first kappa shape index (κ1) is 17.4. The molecule has 0 unspecified atom stereocenters. The molecular formula is C14H24N2O5. The summed E-state index contributed by atoms with van der Waals surface area (Å²) in [5.74, 6) is -1.32. The summed E-state index contributed by atoms with van der Waals surface area (Å²) < 4.78 is 5.06. The smallest absolute Gasteiger partial charge is 0.321 e. The Hall–Kier alpha value is -1.63. The Kier molecular flexibility index (Phi) is 7.14. The third-order valence-electron chi connectivity index (χ3n) is 3.72. The summed E-state index contributed by atoms with van der Waals surface area (Å²) in [6, 6.07) is -0.567. The number of hydrogen-bond acceptors (Lipinski definition) is 4. The average molecular weight is 300 g/mol. The van der Waals surface area contributed by atoms with Crippen molar-refractivity contribution in [3.8, 4) is 0 Å². The molecule has 0 aromatic heterocycles. The second-order valence-electron chi connectivity index (χ2n) is 5.46. The summed E-state index contributed by atoms with van der Waals surface area (Å²) in [6.45, 7) is 3.14. The van der Waals surface area contributed by atoms with Gasteiger partial charge in [0.25, 0.3) is 0 Å². The lowest BCUT2D eigenvalue weighted by atomic mass is 9.79. The van der Waals surface area contributed by atoms with E-state index in [1.807, 2.05) is 6.92 Å². The number of carboxylic acids is 1. The van der Waals surface area contributed by atoms with Crippen molar-refractivity contribution < 1.29 is 24.2 Å². The molecule has 0 bridgehead atoms. The molecule has 3 N–H and O–H groups in total. The molecule has 0 heterocycles. The van der Waals surface area contributed by atoms with Crippen molar-refractivity contribution in [1.29, 1.82) is 0 Å². The Morgan fingerprint density at radius 1 is 1.19 bits per heavy atom. The molecule has 21 heavy (non-hydrogen) atoms. The Morgan fingerprint density at radius 3 is 2.43 bits per heavy atom. The maximum atomic E-state index is 11.9. The van der Waals surface area contributed by atoms with Crippen LogP contribution in [0.2, 0.25) is 0 Å². The van der Waals surface area contributed by atoms with Crippen LogP contribution in [0.15, 0.2) is 0 Å². The first-order valence-electron chi connectivity index (χ1n) is 7.35. The van der Waals surface area contributed by atoms with Crippen LogP contribution >= 0.6 is 0 Å². The first-order chi connectivity index (χ1) is 9.97. The summed E-state index contributed by atoms with van der Waals surface area (Å²) in [7, 11) is 0. The molecule has 0 spiro atoms. The van der Waals surface area contributed by atoms with E-state index in [0.717, 1.165) is 25.7 Å². The van der Waals surface area contributed by atoms with Crippen LogP contribution < -0.4 is 10.6 Å². The van der Waals surface area contributed by atoms with E-state index >= 15 is 0 Å². The molecule has 0 atom stereocenters. The monoisotopic (exact) mass is 300 g/mol. The molecule has 0 saturated heterocycles. The van der Waals surface area contributed by atoms with Gasteiger partial charge < -0.3 is 15.2 Å². The van der Waals surface area contributed by atoms with Crippen LogP contribution in [0.1, 0.15) is 45.4 Å². The standard InChI is InChI=1S/C14H24N2O5/c1-2-21-8-7-15-13(20)16-11(17)9-14(10-12(18)19)5-3-4-6-14/h2-10H2,1H3,(H,18,19)(H2,15,16,17,20). The number of imide groups is 1. The van der Waals surface area contributed by atoms with E-state index in [1.165, 1.54) is 0 Å². The highest BCUT2D eigenvalue weighted by molar-refractivity contribution is 5.94. The van der Waals surface area contributed by atoms with Gasteiger partial charge >= 0.3 is 12.0 Å². The largest absolute Gasteiger partial charge is 0.481 e.